The maximum atomic E-state index is 12.0. The Balaban J connectivity index is 5.47. The van der Waals surface area contributed by atoms with Crippen LogP contribution in [0.3, 0.4) is 0 Å². The highest BCUT2D eigenvalue weighted by Gasteiger charge is 2.33. The van der Waals surface area contributed by atoms with Gasteiger partial charge in [-0.15, -0.1) is 0 Å². The quantitative estimate of drug-likeness (QED) is 0.0622. The van der Waals surface area contributed by atoms with Crippen molar-refractivity contribution in [1.29, 1.82) is 0 Å². The Morgan fingerprint density at radius 3 is 0.702 bits per heavy atom. The van der Waals surface area contributed by atoms with Gasteiger partial charge in [-0.25, -0.2) is 0 Å². The molecule has 20 heteroatoms. The molecule has 0 aliphatic rings. The summed E-state index contributed by atoms with van der Waals surface area (Å²) in [4.78, 5) is 92.2. The Morgan fingerprint density at radius 2 is 0.526 bits per heavy atom. The van der Waals surface area contributed by atoms with E-state index in [1.807, 2.05) is 0 Å². The molecular formula is C37H60O20. The van der Waals surface area contributed by atoms with Crippen LogP contribution in [-0.2, 0) is 76.3 Å². The highest BCUT2D eigenvalue weighted by Crippen LogP contribution is 2.21. The molecule has 0 bridgehead atoms. The highest BCUT2D eigenvalue weighted by molar-refractivity contribution is 5.86. The monoisotopic (exact) mass is 824 g/mol. The number of Topliss-reactive ketones (excluding diaryl/α,β-unsaturated/α-hetero) is 4. The van der Waals surface area contributed by atoms with Gasteiger partial charge in [0.2, 0.25) is 0 Å². The highest BCUT2D eigenvalue weighted by atomic mass is 16.6. The zero-order valence-corrected chi connectivity index (χ0v) is 33.3. The Morgan fingerprint density at radius 1 is 0.351 bits per heavy atom. The summed E-state index contributed by atoms with van der Waals surface area (Å²) in [7, 11) is 0. The number of carbonyl (C=O) groups excluding carboxylic acids is 4. The molecule has 0 aromatic rings. The summed E-state index contributed by atoms with van der Waals surface area (Å²) < 4.78 is 44.8. The van der Waals surface area contributed by atoms with Crippen LogP contribution in [0.4, 0.5) is 0 Å². The minimum atomic E-state index is -1.10. The van der Waals surface area contributed by atoms with Gasteiger partial charge in [-0.2, -0.15) is 0 Å². The van der Waals surface area contributed by atoms with E-state index in [1.54, 1.807) is 0 Å². The minimum Gasteiger partial charge on any atom is -0.481 e. The first kappa shape index (κ1) is 53.2. The molecule has 0 fully saturated rings. The lowest BCUT2D eigenvalue weighted by Gasteiger charge is -2.33. The van der Waals surface area contributed by atoms with Crippen molar-refractivity contribution in [1.82, 2.24) is 0 Å². The molecule has 0 radical (unpaired) electrons. The van der Waals surface area contributed by atoms with Gasteiger partial charge >= 0.3 is 23.9 Å². The Bertz CT molecular complexity index is 1060. The van der Waals surface area contributed by atoms with E-state index in [2.05, 4.69) is 0 Å². The molecule has 0 heterocycles. The molecule has 4 atom stereocenters. The van der Waals surface area contributed by atoms with Crippen LogP contribution in [0, 0.1) is 29.1 Å². The number of carbonyl (C=O) groups is 8. The average molecular weight is 825 g/mol. The summed E-state index contributed by atoms with van der Waals surface area (Å²) in [5.41, 5.74) is -1.03. The molecule has 0 rings (SSSR count). The predicted octanol–water partition coefficient (Wildman–Crippen LogP) is 0.825. The zero-order valence-electron chi connectivity index (χ0n) is 33.3. The van der Waals surface area contributed by atoms with Crippen molar-refractivity contribution < 1.29 is 96.7 Å². The Kier molecular flexibility index (Phi) is 29.2. The van der Waals surface area contributed by atoms with E-state index in [0.29, 0.717) is 0 Å². The van der Waals surface area contributed by atoms with Crippen molar-refractivity contribution in [2.75, 3.05) is 106 Å². The normalized spacial score (nSPS) is 13.7. The lowest BCUT2D eigenvalue weighted by molar-refractivity contribution is -0.144. The van der Waals surface area contributed by atoms with Crippen LogP contribution < -0.4 is 0 Å². The molecule has 0 amide bonds. The van der Waals surface area contributed by atoms with Gasteiger partial charge in [0.15, 0.2) is 23.1 Å². The molecule has 328 valence electrons. The van der Waals surface area contributed by atoms with E-state index < -0.39 is 76.1 Å². The number of rotatable bonds is 40. The first-order chi connectivity index (χ1) is 26.9. The van der Waals surface area contributed by atoms with Gasteiger partial charge in [-0.3, -0.25) is 38.4 Å². The third kappa shape index (κ3) is 28.3. The summed E-state index contributed by atoms with van der Waals surface area (Å²) >= 11 is 0. The molecule has 0 aromatic heterocycles. The van der Waals surface area contributed by atoms with Gasteiger partial charge in [-0.05, 0) is 0 Å². The summed E-state index contributed by atoms with van der Waals surface area (Å²) in [5, 5.41) is 36.0. The van der Waals surface area contributed by atoms with Gasteiger partial charge in [0.1, 0.15) is 26.4 Å². The molecule has 0 spiro atoms. The molecule has 0 aliphatic carbocycles. The van der Waals surface area contributed by atoms with Crippen molar-refractivity contribution in [3.8, 4) is 0 Å². The maximum Gasteiger partial charge on any atom is 0.306 e. The fourth-order valence-electron chi connectivity index (χ4n) is 4.57. The number of carboxylic acid groups (broad SMARTS) is 4. The smallest absolute Gasteiger partial charge is 0.306 e. The van der Waals surface area contributed by atoms with Crippen LogP contribution in [0.5, 0.6) is 0 Å². The van der Waals surface area contributed by atoms with Crippen LogP contribution in [0.2, 0.25) is 0 Å². The van der Waals surface area contributed by atoms with E-state index in [-0.39, 0.29) is 131 Å². The number of hydrogen-bond acceptors (Lipinski definition) is 16. The van der Waals surface area contributed by atoms with Crippen LogP contribution >= 0.6 is 0 Å². The maximum absolute atomic E-state index is 12.0. The third-order valence-corrected chi connectivity index (χ3v) is 7.99. The molecule has 0 saturated heterocycles. The first-order valence-electron chi connectivity index (χ1n) is 18.5. The van der Waals surface area contributed by atoms with Crippen molar-refractivity contribution in [2.24, 2.45) is 29.1 Å². The summed E-state index contributed by atoms with van der Waals surface area (Å²) in [6.07, 6.45) is -0.765. The van der Waals surface area contributed by atoms with Crippen LogP contribution in [0.15, 0.2) is 0 Å². The van der Waals surface area contributed by atoms with Crippen LogP contribution in [0.1, 0.15) is 53.4 Å². The van der Waals surface area contributed by atoms with Crippen molar-refractivity contribution in [3.63, 3.8) is 0 Å². The number of hydrogen-bond donors (Lipinski definition) is 4. The number of ether oxygens (including phenoxy) is 8. The molecule has 20 nitrogen and oxygen atoms in total. The fraction of sp³-hybridized carbons (Fsp3) is 0.784. The number of aliphatic carboxylic acids is 4. The van der Waals surface area contributed by atoms with E-state index in [9.17, 15) is 38.4 Å². The van der Waals surface area contributed by atoms with E-state index >= 15 is 0 Å². The molecule has 0 aliphatic heterocycles. The van der Waals surface area contributed by atoms with Gasteiger partial charge in [0.25, 0.3) is 0 Å². The van der Waals surface area contributed by atoms with E-state index in [1.165, 1.54) is 27.7 Å². The SMILES string of the molecule is C[C@H](CC(=O)COCCOCC(COCCOCC(=O)C[C@@H](C)C(=O)O)(COCCOCC(=O)C[C@@H](C)C(=O)O)COCCOCC(=O)C[C@@H](C)C(=O)O)C(=O)O. The second-order valence-electron chi connectivity index (χ2n) is 13.8. The van der Waals surface area contributed by atoms with Gasteiger partial charge in [0, 0.05) is 25.7 Å². The number of carboxylic acids is 4. The summed E-state index contributed by atoms with van der Waals surface area (Å²) in [5.74, 6) is -9.41. The summed E-state index contributed by atoms with van der Waals surface area (Å²) in [6.45, 7) is 4.15. The molecule has 57 heavy (non-hydrogen) atoms. The van der Waals surface area contributed by atoms with Crippen molar-refractivity contribution >= 4 is 47.0 Å². The van der Waals surface area contributed by atoms with Gasteiger partial charge in [0.05, 0.1) is 108 Å². The predicted molar refractivity (Wildman–Crippen MR) is 195 cm³/mol. The molecule has 4 N–H and O–H groups in total. The molecule has 0 unspecified atom stereocenters. The van der Waals surface area contributed by atoms with Crippen LogP contribution in [0.25, 0.3) is 0 Å². The van der Waals surface area contributed by atoms with Crippen molar-refractivity contribution in [3.05, 3.63) is 0 Å². The standard InChI is InChI=1S/C37H60O20/c1-25(33(42)43)13-29(38)17-50-5-9-54-21-37(22-55-10-6-51-18-30(39)14-26(2)34(44)45,23-56-11-7-52-19-31(40)15-27(3)35(46)47)24-57-12-8-53-20-32(41)16-28(4)36(48)49/h25-28H,5-24H2,1-4H3,(H,42,43)(H,44,45)(H,46,47)(H,48,49)/t25-,26-,27-,28-/m1/s1. The zero-order chi connectivity index (χ0) is 43.2. The second kappa shape index (κ2) is 31.3. The Hall–Kier alpha value is -3.76. The lowest BCUT2D eigenvalue weighted by atomic mass is 9.92. The Labute approximate surface area is 331 Å². The van der Waals surface area contributed by atoms with Gasteiger partial charge < -0.3 is 58.3 Å². The van der Waals surface area contributed by atoms with Crippen molar-refractivity contribution in [2.45, 2.75) is 53.4 Å². The molecule has 0 aromatic carbocycles. The average Bonchev–Trinajstić information content (AvgIpc) is 3.13. The largest absolute Gasteiger partial charge is 0.481 e. The minimum absolute atomic E-state index is 0.00345. The first-order valence-corrected chi connectivity index (χ1v) is 18.5. The topological polar surface area (TPSA) is 291 Å². The lowest BCUT2D eigenvalue weighted by Crippen LogP contribution is -2.43. The molecule has 0 saturated carbocycles. The van der Waals surface area contributed by atoms with Gasteiger partial charge in [-0.1, -0.05) is 27.7 Å². The van der Waals surface area contributed by atoms with E-state index in [4.69, 9.17) is 58.3 Å². The van der Waals surface area contributed by atoms with E-state index in [0.717, 1.165) is 0 Å². The number of ketones is 4. The molecular weight excluding hydrogens is 764 g/mol. The second-order valence-corrected chi connectivity index (χ2v) is 13.8. The fourth-order valence-corrected chi connectivity index (χ4v) is 4.57. The van der Waals surface area contributed by atoms with Crippen LogP contribution in [-0.4, -0.2) is 173 Å². The summed E-state index contributed by atoms with van der Waals surface area (Å²) in [6, 6.07) is 0. The third-order valence-electron chi connectivity index (χ3n) is 7.99.